The van der Waals surface area contributed by atoms with E-state index in [-0.39, 0.29) is 0 Å². The van der Waals surface area contributed by atoms with Crippen LogP contribution >= 0.6 is 0 Å². The predicted octanol–water partition coefficient (Wildman–Crippen LogP) is 3.27. The maximum absolute atomic E-state index is 5.49. The van der Waals surface area contributed by atoms with Gasteiger partial charge in [-0.15, -0.1) is 0 Å². The van der Waals surface area contributed by atoms with Crippen LogP contribution in [0, 0.1) is 13.8 Å². The summed E-state index contributed by atoms with van der Waals surface area (Å²) in [7, 11) is 1.70. The molecular weight excluding hydrogens is 338 g/mol. The lowest BCUT2D eigenvalue weighted by atomic mass is 10.1. The van der Waals surface area contributed by atoms with Gasteiger partial charge in [-0.1, -0.05) is 0 Å². The van der Waals surface area contributed by atoms with Crippen LogP contribution in [0.15, 0.2) is 11.2 Å². The van der Waals surface area contributed by atoms with E-state index in [1.807, 2.05) is 20.0 Å². The Labute approximate surface area is 165 Å². The fourth-order valence-corrected chi connectivity index (χ4v) is 3.31. The molecule has 0 aliphatic heterocycles. The molecule has 6 heteroatoms. The summed E-state index contributed by atoms with van der Waals surface area (Å²) >= 11 is 0. The molecule has 0 aliphatic carbocycles. The molecule has 27 heavy (non-hydrogen) atoms. The number of hydrogen-bond donors (Lipinski definition) is 2. The van der Waals surface area contributed by atoms with Crippen molar-refractivity contribution in [3.63, 3.8) is 0 Å². The monoisotopic (exact) mass is 377 g/mol. The zero-order chi connectivity index (χ0) is 20.4. The largest absolute Gasteiger partial charge is 0.496 e. The van der Waals surface area contributed by atoms with Crippen molar-refractivity contribution in [1.82, 2.24) is 20.5 Å². The second kappa shape index (κ2) is 11.8. The van der Waals surface area contributed by atoms with Gasteiger partial charge in [0.15, 0.2) is 5.96 Å². The summed E-state index contributed by atoms with van der Waals surface area (Å²) in [4.78, 5) is 11.7. The highest BCUT2D eigenvalue weighted by atomic mass is 16.5. The van der Waals surface area contributed by atoms with Crippen molar-refractivity contribution in [1.29, 1.82) is 0 Å². The molecule has 1 heterocycles. The summed E-state index contributed by atoms with van der Waals surface area (Å²) in [6.07, 6.45) is 2.93. The van der Waals surface area contributed by atoms with Crippen LogP contribution in [0.5, 0.6) is 5.75 Å². The minimum atomic E-state index is 0.530. The number of nitrogens with one attached hydrogen (secondary N) is 2. The summed E-state index contributed by atoms with van der Waals surface area (Å²) in [6, 6.07) is 1.13. The molecule has 0 fully saturated rings. The van der Waals surface area contributed by atoms with E-state index in [0.29, 0.717) is 18.6 Å². The van der Waals surface area contributed by atoms with E-state index >= 15 is 0 Å². The number of aliphatic imine (C=N–C) groups is 1. The highest BCUT2D eigenvalue weighted by molar-refractivity contribution is 5.79. The van der Waals surface area contributed by atoms with E-state index in [1.165, 1.54) is 0 Å². The second-order valence-corrected chi connectivity index (χ2v) is 7.45. The summed E-state index contributed by atoms with van der Waals surface area (Å²) in [5.74, 6) is 1.73. The molecule has 0 radical (unpaired) electrons. The van der Waals surface area contributed by atoms with E-state index in [4.69, 9.17) is 9.73 Å². The molecule has 1 aromatic heterocycles. The third kappa shape index (κ3) is 7.37. The zero-order valence-corrected chi connectivity index (χ0v) is 18.5. The summed E-state index contributed by atoms with van der Waals surface area (Å²) in [5, 5.41) is 6.75. The molecular formula is C21H39N5O. The average Bonchev–Trinajstić information content (AvgIpc) is 2.60. The molecule has 0 aliphatic rings. The number of guanidine groups is 1. The smallest absolute Gasteiger partial charge is 0.191 e. The standard InChI is InChI=1S/C21H39N5O/c1-9-22-21(23-11-10-12-26(15(2)3)16(4)5)25-14-19-18(7)20(27-8)17(6)13-24-19/h13,15-16H,9-12,14H2,1-8H3,(H2,22,23,25). The highest BCUT2D eigenvalue weighted by Gasteiger charge is 2.12. The molecule has 0 amide bonds. The first-order valence-corrected chi connectivity index (χ1v) is 10.1. The van der Waals surface area contributed by atoms with Gasteiger partial charge in [-0.05, 0) is 54.9 Å². The number of aromatic nitrogens is 1. The molecule has 1 aromatic rings. The number of rotatable bonds is 10. The van der Waals surface area contributed by atoms with Crippen LogP contribution in [-0.2, 0) is 6.54 Å². The van der Waals surface area contributed by atoms with Gasteiger partial charge in [0.05, 0.1) is 19.3 Å². The van der Waals surface area contributed by atoms with Crippen LogP contribution < -0.4 is 15.4 Å². The lowest BCUT2D eigenvalue weighted by Gasteiger charge is -2.30. The van der Waals surface area contributed by atoms with Crippen molar-refractivity contribution in [2.75, 3.05) is 26.7 Å². The normalized spacial score (nSPS) is 12.2. The zero-order valence-electron chi connectivity index (χ0n) is 18.5. The van der Waals surface area contributed by atoms with Gasteiger partial charge in [0.1, 0.15) is 5.75 Å². The maximum atomic E-state index is 5.49. The average molecular weight is 378 g/mol. The molecule has 0 spiro atoms. The quantitative estimate of drug-likeness (QED) is 0.372. The van der Waals surface area contributed by atoms with Crippen molar-refractivity contribution in [3.8, 4) is 5.75 Å². The number of methoxy groups -OCH3 is 1. The molecule has 154 valence electrons. The van der Waals surface area contributed by atoms with Gasteiger partial charge in [-0.3, -0.25) is 9.88 Å². The molecule has 0 bridgehead atoms. The third-order valence-corrected chi connectivity index (χ3v) is 4.69. The van der Waals surface area contributed by atoms with E-state index < -0.39 is 0 Å². The Morgan fingerprint density at radius 2 is 1.85 bits per heavy atom. The fraction of sp³-hybridized carbons (Fsp3) is 0.714. The fourth-order valence-electron chi connectivity index (χ4n) is 3.31. The van der Waals surface area contributed by atoms with Crippen LogP contribution in [0.25, 0.3) is 0 Å². The predicted molar refractivity (Wildman–Crippen MR) is 115 cm³/mol. The van der Waals surface area contributed by atoms with Gasteiger partial charge in [-0.2, -0.15) is 0 Å². The van der Waals surface area contributed by atoms with E-state index in [9.17, 15) is 0 Å². The Morgan fingerprint density at radius 3 is 2.41 bits per heavy atom. The van der Waals surface area contributed by atoms with Gasteiger partial charge in [0.2, 0.25) is 0 Å². The first-order valence-electron chi connectivity index (χ1n) is 10.1. The van der Waals surface area contributed by atoms with E-state index in [0.717, 1.165) is 54.6 Å². The van der Waals surface area contributed by atoms with Crippen molar-refractivity contribution < 1.29 is 4.74 Å². The first-order chi connectivity index (χ1) is 12.8. The van der Waals surface area contributed by atoms with E-state index in [2.05, 4.69) is 55.1 Å². The molecule has 0 saturated heterocycles. The van der Waals surface area contributed by atoms with Gasteiger partial charge in [0.25, 0.3) is 0 Å². The van der Waals surface area contributed by atoms with Gasteiger partial charge in [0, 0.05) is 49.0 Å². The summed E-state index contributed by atoms with van der Waals surface area (Å²) in [5.41, 5.74) is 3.05. The van der Waals surface area contributed by atoms with Crippen molar-refractivity contribution >= 4 is 5.96 Å². The molecule has 6 nitrogen and oxygen atoms in total. The summed E-state index contributed by atoms with van der Waals surface area (Å²) < 4.78 is 5.49. The topological polar surface area (TPSA) is 61.8 Å². The van der Waals surface area contributed by atoms with Gasteiger partial charge >= 0.3 is 0 Å². The van der Waals surface area contributed by atoms with Crippen LogP contribution in [0.1, 0.15) is 57.9 Å². The lowest BCUT2D eigenvalue weighted by molar-refractivity contribution is 0.173. The highest BCUT2D eigenvalue weighted by Crippen LogP contribution is 2.24. The Kier molecular flexibility index (Phi) is 10.1. The number of hydrogen-bond acceptors (Lipinski definition) is 4. The summed E-state index contributed by atoms with van der Waals surface area (Å²) in [6.45, 7) is 18.5. The van der Waals surface area contributed by atoms with Crippen LogP contribution in [0.4, 0.5) is 0 Å². The molecule has 0 atom stereocenters. The van der Waals surface area contributed by atoms with Gasteiger partial charge < -0.3 is 15.4 Å². The third-order valence-electron chi connectivity index (χ3n) is 4.69. The Hall–Kier alpha value is -1.82. The lowest BCUT2D eigenvalue weighted by Crippen LogP contribution is -2.41. The minimum absolute atomic E-state index is 0.530. The number of nitrogens with zero attached hydrogens (tertiary/aromatic N) is 3. The van der Waals surface area contributed by atoms with Crippen LogP contribution in [0.2, 0.25) is 0 Å². The Bertz CT molecular complexity index is 590. The van der Waals surface area contributed by atoms with Crippen LogP contribution in [-0.4, -0.2) is 54.7 Å². The molecule has 0 saturated carbocycles. The maximum Gasteiger partial charge on any atom is 0.191 e. The molecule has 0 unspecified atom stereocenters. The molecule has 0 aromatic carbocycles. The van der Waals surface area contributed by atoms with E-state index in [1.54, 1.807) is 7.11 Å². The number of aryl methyl sites for hydroxylation is 1. The van der Waals surface area contributed by atoms with Crippen LogP contribution in [0.3, 0.4) is 0 Å². The van der Waals surface area contributed by atoms with Crippen molar-refractivity contribution in [2.45, 2.75) is 73.5 Å². The number of ether oxygens (including phenoxy) is 1. The molecule has 1 rings (SSSR count). The Morgan fingerprint density at radius 1 is 1.19 bits per heavy atom. The number of pyridine rings is 1. The van der Waals surface area contributed by atoms with Crippen molar-refractivity contribution in [2.24, 2.45) is 4.99 Å². The SMILES string of the molecule is CCNC(=NCc1ncc(C)c(OC)c1C)NCCCN(C(C)C)C(C)C. The minimum Gasteiger partial charge on any atom is -0.496 e. The second-order valence-electron chi connectivity index (χ2n) is 7.45. The van der Waals surface area contributed by atoms with Gasteiger partial charge in [-0.25, -0.2) is 4.99 Å². The Balaban J connectivity index is 2.65. The van der Waals surface area contributed by atoms with Crippen molar-refractivity contribution in [3.05, 3.63) is 23.0 Å². The molecule has 2 N–H and O–H groups in total. The first kappa shape index (κ1) is 23.2.